The van der Waals surface area contributed by atoms with Crippen LogP contribution in [0.2, 0.25) is 0 Å². The molecular weight excluding hydrogens is 234 g/mol. The van der Waals surface area contributed by atoms with Crippen molar-refractivity contribution in [3.63, 3.8) is 0 Å². The van der Waals surface area contributed by atoms with Gasteiger partial charge in [-0.1, -0.05) is 12.1 Å². The van der Waals surface area contributed by atoms with Crippen LogP contribution in [0.1, 0.15) is 5.56 Å². The average Bonchev–Trinajstić information content (AvgIpc) is 2.32. The van der Waals surface area contributed by atoms with E-state index in [4.69, 9.17) is 9.84 Å². The van der Waals surface area contributed by atoms with Crippen LogP contribution in [0.5, 0.6) is 5.75 Å². The van der Waals surface area contributed by atoms with Gasteiger partial charge < -0.3 is 15.2 Å². The molecule has 0 spiro atoms. The number of carbonyl (C=O) groups is 2. The molecule has 0 saturated carbocycles. The number of carboxylic acid groups (broad SMARTS) is 1. The third-order valence-electron chi connectivity index (χ3n) is 2.04. The Labute approximate surface area is 105 Å². The lowest BCUT2D eigenvalue weighted by Gasteiger charge is -2.06. The second-order valence-electron chi connectivity index (χ2n) is 3.63. The van der Waals surface area contributed by atoms with E-state index < -0.39 is 11.9 Å². The highest BCUT2D eigenvalue weighted by molar-refractivity contribution is 5.93. The van der Waals surface area contributed by atoms with E-state index in [1.807, 2.05) is 31.2 Å². The van der Waals surface area contributed by atoms with Gasteiger partial charge in [0.1, 0.15) is 12.4 Å². The molecule has 1 aromatic rings. The lowest BCUT2D eigenvalue weighted by Crippen LogP contribution is -2.26. The minimum atomic E-state index is -1.15. The predicted molar refractivity (Wildman–Crippen MR) is 66.5 cm³/mol. The summed E-state index contributed by atoms with van der Waals surface area (Å²) < 4.78 is 5.41. The molecule has 0 fully saturated rings. The van der Waals surface area contributed by atoms with Gasteiger partial charge in [0.05, 0.1) is 6.54 Å². The molecule has 1 rings (SSSR count). The molecular formula is C13H15NO4. The molecule has 2 N–H and O–H groups in total. The molecule has 0 unspecified atom stereocenters. The summed E-state index contributed by atoms with van der Waals surface area (Å²) in [6.45, 7) is 2.61. The van der Waals surface area contributed by atoms with Crippen molar-refractivity contribution in [1.82, 2.24) is 5.32 Å². The Kier molecular flexibility index (Phi) is 5.44. The summed E-state index contributed by atoms with van der Waals surface area (Å²) >= 11 is 0. The number of nitrogens with one attached hydrogen (secondary N) is 1. The summed E-state index contributed by atoms with van der Waals surface area (Å²) in [4.78, 5) is 21.3. The number of aliphatic carboxylic acids is 1. The highest BCUT2D eigenvalue weighted by Gasteiger charge is 1.97. The van der Waals surface area contributed by atoms with Gasteiger partial charge in [-0.3, -0.25) is 4.79 Å². The normalized spacial score (nSPS) is 10.3. The molecule has 0 saturated heterocycles. The quantitative estimate of drug-likeness (QED) is 0.585. The number of carboxylic acids is 1. The topological polar surface area (TPSA) is 75.6 Å². The minimum absolute atomic E-state index is 0.316. The van der Waals surface area contributed by atoms with Crippen molar-refractivity contribution >= 4 is 11.9 Å². The summed E-state index contributed by atoms with van der Waals surface area (Å²) in [5.74, 6) is -0.864. The minimum Gasteiger partial charge on any atom is -0.492 e. The molecule has 0 bridgehead atoms. The van der Waals surface area contributed by atoms with E-state index in [-0.39, 0.29) is 0 Å². The molecule has 18 heavy (non-hydrogen) atoms. The van der Waals surface area contributed by atoms with Gasteiger partial charge in [0.25, 0.3) is 0 Å². The number of hydrogen-bond acceptors (Lipinski definition) is 3. The average molecular weight is 249 g/mol. The summed E-state index contributed by atoms with van der Waals surface area (Å²) in [5, 5.41) is 10.8. The van der Waals surface area contributed by atoms with E-state index in [0.29, 0.717) is 13.2 Å². The Morgan fingerprint density at radius 3 is 2.83 bits per heavy atom. The van der Waals surface area contributed by atoms with Crippen LogP contribution in [0.25, 0.3) is 0 Å². The van der Waals surface area contributed by atoms with Gasteiger partial charge >= 0.3 is 5.97 Å². The van der Waals surface area contributed by atoms with Gasteiger partial charge in [-0.05, 0) is 24.6 Å². The molecule has 0 aliphatic rings. The fourth-order valence-electron chi connectivity index (χ4n) is 1.25. The molecule has 0 aromatic heterocycles. The fraction of sp³-hybridized carbons (Fsp3) is 0.231. The van der Waals surface area contributed by atoms with Crippen molar-refractivity contribution in [1.29, 1.82) is 0 Å². The third-order valence-corrected chi connectivity index (χ3v) is 2.04. The highest BCUT2D eigenvalue weighted by Crippen LogP contribution is 2.11. The predicted octanol–water partition coefficient (Wildman–Crippen LogP) is 1.13. The Balaban J connectivity index is 2.23. The zero-order chi connectivity index (χ0) is 13.4. The monoisotopic (exact) mass is 249 g/mol. The van der Waals surface area contributed by atoms with E-state index in [1.165, 1.54) is 0 Å². The fourth-order valence-corrected chi connectivity index (χ4v) is 1.25. The van der Waals surface area contributed by atoms with Crippen LogP contribution < -0.4 is 10.1 Å². The van der Waals surface area contributed by atoms with Gasteiger partial charge in [0.2, 0.25) is 5.91 Å². The van der Waals surface area contributed by atoms with Crippen LogP contribution in [0.3, 0.4) is 0 Å². The molecule has 0 aliphatic heterocycles. The van der Waals surface area contributed by atoms with E-state index in [2.05, 4.69) is 5.32 Å². The van der Waals surface area contributed by atoms with Crippen molar-refractivity contribution in [3.05, 3.63) is 42.0 Å². The van der Waals surface area contributed by atoms with Crippen molar-refractivity contribution < 1.29 is 19.4 Å². The highest BCUT2D eigenvalue weighted by atomic mass is 16.5. The van der Waals surface area contributed by atoms with Gasteiger partial charge in [0, 0.05) is 12.2 Å². The second-order valence-corrected chi connectivity index (χ2v) is 3.63. The number of hydrogen-bond donors (Lipinski definition) is 2. The van der Waals surface area contributed by atoms with Crippen molar-refractivity contribution in [2.45, 2.75) is 6.92 Å². The number of amides is 1. The molecule has 0 radical (unpaired) electrons. The van der Waals surface area contributed by atoms with E-state index in [0.717, 1.165) is 23.5 Å². The summed E-state index contributed by atoms with van der Waals surface area (Å²) in [5.41, 5.74) is 1.10. The molecule has 1 aromatic carbocycles. The number of aryl methyl sites for hydroxylation is 1. The number of ether oxygens (including phenoxy) is 1. The van der Waals surface area contributed by atoms with Gasteiger partial charge in [-0.25, -0.2) is 4.79 Å². The summed E-state index contributed by atoms with van der Waals surface area (Å²) in [6, 6.07) is 7.58. The molecule has 0 atom stereocenters. The smallest absolute Gasteiger partial charge is 0.328 e. The maximum atomic E-state index is 11.1. The molecule has 0 aliphatic carbocycles. The zero-order valence-corrected chi connectivity index (χ0v) is 10.1. The maximum Gasteiger partial charge on any atom is 0.328 e. The van der Waals surface area contributed by atoms with Crippen LogP contribution >= 0.6 is 0 Å². The lowest BCUT2D eigenvalue weighted by atomic mass is 10.2. The van der Waals surface area contributed by atoms with E-state index >= 15 is 0 Å². The Morgan fingerprint density at radius 2 is 2.17 bits per heavy atom. The Hall–Kier alpha value is -2.30. The number of carbonyl (C=O) groups excluding carboxylic acids is 1. The largest absolute Gasteiger partial charge is 0.492 e. The first-order valence-corrected chi connectivity index (χ1v) is 5.46. The zero-order valence-electron chi connectivity index (χ0n) is 10.1. The van der Waals surface area contributed by atoms with Gasteiger partial charge in [0.15, 0.2) is 0 Å². The van der Waals surface area contributed by atoms with Gasteiger partial charge in [-0.2, -0.15) is 0 Å². The van der Waals surface area contributed by atoms with Crippen molar-refractivity contribution in [2.75, 3.05) is 13.2 Å². The van der Waals surface area contributed by atoms with Crippen LogP contribution in [0.15, 0.2) is 36.4 Å². The number of rotatable bonds is 6. The second kappa shape index (κ2) is 7.11. The van der Waals surface area contributed by atoms with Crippen LogP contribution in [-0.2, 0) is 9.59 Å². The van der Waals surface area contributed by atoms with Crippen molar-refractivity contribution in [2.24, 2.45) is 0 Å². The SMILES string of the molecule is Cc1cccc(OCCNC(=O)C=CC(=O)O)c1. The first-order chi connectivity index (χ1) is 8.58. The molecule has 5 nitrogen and oxygen atoms in total. The van der Waals surface area contributed by atoms with Crippen LogP contribution in [0, 0.1) is 6.92 Å². The Morgan fingerprint density at radius 1 is 1.39 bits per heavy atom. The Bertz CT molecular complexity index is 454. The molecule has 1 amide bonds. The third kappa shape index (κ3) is 5.69. The van der Waals surface area contributed by atoms with Crippen LogP contribution in [-0.4, -0.2) is 30.1 Å². The first kappa shape index (κ1) is 13.8. The summed E-state index contributed by atoms with van der Waals surface area (Å²) in [7, 11) is 0. The first-order valence-electron chi connectivity index (χ1n) is 5.46. The maximum absolute atomic E-state index is 11.1. The van der Waals surface area contributed by atoms with Crippen LogP contribution in [0.4, 0.5) is 0 Å². The lowest BCUT2D eigenvalue weighted by molar-refractivity contribution is -0.131. The molecule has 0 heterocycles. The summed E-state index contributed by atoms with van der Waals surface area (Å²) in [6.07, 6.45) is 1.76. The van der Waals surface area contributed by atoms with Gasteiger partial charge in [-0.15, -0.1) is 0 Å². The van der Waals surface area contributed by atoms with Crippen molar-refractivity contribution in [3.8, 4) is 5.75 Å². The number of benzene rings is 1. The van der Waals surface area contributed by atoms with E-state index in [9.17, 15) is 9.59 Å². The van der Waals surface area contributed by atoms with E-state index in [1.54, 1.807) is 0 Å². The molecule has 96 valence electrons. The standard InChI is InChI=1S/C13H15NO4/c1-10-3-2-4-11(9-10)18-8-7-14-12(15)5-6-13(16)17/h2-6,9H,7-8H2,1H3,(H,14,15)(H,16,17). The molecule has 5 heteroatoms.